The van der Waals surface area contributed by atoms with Gasteiger partial charge in [0.1, 0.15) is 21.7 Å². The van der Waals surface area contributed by atoms with Gasteiger partial charge in [-0.1, -0.05) is 12.1 Å². The second-order valence-electron chi connectivity index (χ2n) is 3.23. The first-order valence-corrected chi connectivity index (χ1v) is 5.91. The number of Topliss-reactive ketones (excluding diaryl/α,β-unsaturated/α-hetero) is 1. The minimum Gasteiger partial charge on any atom is -0.299 e. The highest BCUT2D eigenvalue weighted by Gasteiger charge is 2.29. The van der Waals surface area contributed by atoms with Crippen molar-refractivity contribution in [2.24, 2.45) is 0 Å². The summed E-state index contributed by atoms with van der Waals surface area (Å²) in [5, 5.41) is -1.21. The number of halogens is 1. The van der Waals surface area contributed by atoms with Gasteiger partial charge in [0, 0.05) is 0 Å². The normalized spacial score (nSPS) is 13.5. The van der Waals surface area contributed by atoms with Gasteiger partial charge >= 0.3 is 0 Å². The van der Waals surface area contributed by atoms with E-state index in [9.17, 15) is 17.6 Å². The molecule has 0 aliphatic heterocycles. The van der Waals surface area contributed by atoms with Crippen molar-refractivity contribution in [3.05, 3.63) is 30.1 Å². The highest BCUT2D eigenvalue weighted by Crippen LogP contribution is 2.19. The maximum absolute atomic E-state index is 13.2. The van der Waals surface area contributed by atoms with E-state index >= 15 is 0 Å². The van der Waals surface area contributed by atoms with Crippen LogP contribution in [-0.4, -0.2) is 19.5 Å². The third kappa shape index (κ3) is 2.23. The summed E-state index contributed by atoms with van der Waals surface area (Å²) >= 11 is 0. The van der Waals surface area contributed by atoms with Crippen LogP contribution in [0.25, 0.3) is 0 Å². The van der Waals surface area contributed by atoms with Gasteiger partial charge in [0.05, 0.1) is 0 Å². The lowest BCUT2D eigenvalue weighted by molar-refractivity contribution is -0.116. The van der Waals surface area contributed by atoms with Crippen molar-refractivity contribution >= 4 is 15.6 Å². The lowest BCUT2D eigenvalue weighted by atomic mass is 10.3. The van der Waals surface area contributed by atoms with Gasteiger partial charge in [0.15, 0.2) is 9.84 Å². The summed E-state index contributed by atoms with van der Waals surface area (Å²) in [4.78, 5) is 10.5. The van der Waals surface area contributed by atoms with Crippen molar-refractivity contribution < 1.29 is 17.6 Å². The number of hydrogen-bond donors (Lipinski definition) is 0. The molecule has 15 heavy (non-hydrogen) atoms. The van der Waals surface area contributed by atoms with Gasteiger partial charge in [-0.25, -0.2) is 12.8 Å². The summed E-state index contributed by atoms with van der Waals surface area (Å²) in [6.45, 7) is 2.42. The molecule has 0 aromatic heterocycles. The SMILES string of the molecule is CC(=O)C(C)S(=O)(=O)c1ccccc1F. The Hall–Kier alpha value is -1.23. The van der Waals surface area contributed by atoms with Gasteiger partial charge in [-0.3, -0.25) is 4.79 Å². The molecule has 0 bridgehead atoms. The number of ketones is 1. The minimum absolute atomic E-state index is 0.423. The third-order valence-electron chi connectivity index (χ3n) is 2.18. The first kappa shape index (κ1) is 11.8. The van der Waals surface area contributed by atoms with Crippen LogP contribution in [0.5, 0.6) is 0 Å². The summed E-state index contributed by atoms with van der Waals surface area (Å²) in [5.74, 6) is -1.33. The molecule has 0 spiro atoms. The van der Waals surface area contributed by atoms with Gasteiger partial charge < -0.3 is 0 Å². The van der Waals surface area contributed by atoms with Crippen molar-refractivity contribution in [2.75, 3.05) is 0 Å². The number of carbonyl (C=O) groups is 1. The van der Waals surface area contributed by atoms with E-state index in [1.807, 2.05) is 0 Å². The van der Waals surface area contributed by atoms with Gasteiger partial charge in [-0.2, -0.15) is 0 Å². The van der Waals surface area contributed by atoms with Crippen LogP contribution >= 0.6 is 0 Å². The molecule has 0 fully saturated rings. The fraction of sp³-hybridized carbons (Fsp3) is 0.300. The molecule has 1 unspecified atom stereocenters. The molecular formula is C10H11FO3S. The lowest BCUT2D eigenvalue weighted by Crippen LogP contribution is -2.25. The zero-order valence-electron chi connectivity index (χ0n) is 8.40. The summed E-state index contributed by atoms with van der Waals surface area (Å²) < 4.78 is 36.7. The molecule has 0 aliphatic rings. The predicted molar refractivity (Wildman–Crippen MR) is 53.7 cm³/mol. The topological polar surface area (TPSA) is 51.2 Å². The molecule has 0 aliphatic carbocycles. The maximum atomic E-state index is 13.2. The molecule has 1 aromatic rings. The van der Waals surface area contributed by atoms with E-state index in [-0.39, 0.29) is 0 Å². The Labute approximate surface area is 87.8 Å². The first-order valence-electron chi connectivity index (χ1n) is 4.36. The Morgan fingerprint density at radius 3 is 2.33 bits per heavy atom. The van der Waals surface area contributed by atoms with Crippen LogP contribution in [0, 0.1) is 5.82 Å². The van der Waals surface area contributed by atoms with E-state index in [2.05, 4.69) is 0 Å². The van der Waals surface area contributed by atoms with Crippen LogP contribution in [0.15, 0.2) is 29.2 Å². The highest BCUT2D eigenvalue weighted by atomic mass is 32.2. The van der Waals surface area contributed by atoms with Gasteiger partial charge in [0.2, 0.25) is 0 Å². The summed E-state index contributed by atoms with van der Waals surface area (Å²) in [5.41, 5.74) is 0. The van der Waals surface area contributed by atoms with Crippen molar-refractivity contribution in [3.8, 4) is 0 Å². The van der Waals surface area contributed by atoms with Gasteiger partial charge in [0.25, 0.3) is 0 Å². The Morgan fingerprint density at radius 1 is 1.33 bits per heavy atom. The number of benzene rings is 1. The smallest absolute Gasteiger partial charge is 0.190 e. The van der Waals surface area contributed by atoms with E-state index in [0.29, 0.717) is 0 Å². The fourth-order valence-corrected chi connectivity index (χ4v) is 2.51. The number of carbonyl (C=O) groups excluding carboxylic acids is 1. The second-order valence-corrected chi connectivity index (χ2v) is 5.47. The quantitative estimate of drug-likeness (QED) is 0.792. The summed E-state index contributed by atoms with van der Waals surface area (Å²) in [7, 11) is -3.89. The molecule has 0 amide bonds. The third-order valence-corrected chi connectivity index (χ3v) is 4.39. The van der Waals surface area contributed by atoms with Crippen LogP contribution in [0.2, 0.25) is 0 Å². The summed E-state index contributed by atoms with van der Waals surface area (Å²) in [6.07, 6.45) is 0. The molecule has 0 saturated carbocycles. The molecular weight excluding hydrogens is 219 g/mol. The Kier molecular flexibility index (Phi) is 3.24. The average Bonchev–Trinajstić information content (AvgIpc) is 2.16. The van der Waals surface area contributed by atoms with Crippen molar-refractivity contribution in [1.29, 1.82) is 0 Å². The lowest BCUT2D eigenvalue weighted by Gasteiger charge is -2.09. The molecule has 1 atom stereocenters. The second kappa shape index (κ2) is 4.10. The highest BCUT2D eigenvalue weighted by molar-refractivity contribution is 7.92. The molecule has 0 radical (unpaired) electrons. The number of hydrogen-bond acceptors (Lipinski definition) is 3. The summed E-state index contributed by atoms with van der Waals surface area (Å²) in [6, 6.07) is 5.03. The Bertz CT molecular complexity index is 479. The maximum Gasteiger partial charge on any atom is 0.190 e. The average molecular weight is 230 g/mol. The van der Waals surface area contributed by atoms with E-state index in [1.165, 1.54) is 26.0 Å². The largest absolute Gasteiger partial charge is 0.299 e. The number of sulfone groups is 1. The molecule has 1 rings (SSSR count). The zero-order chi connectivity index (χ0) is 11.6. The molecule has 1 aromatic carbocycles. The molecule has 0 saturated heterocycles. The van der Waals surface area contributed by atoms with Crippen molar-refractivity contribution in [3.63, 3.8) is 0 Å². The van der Waals surface area contributed by atoms with E-state index in [0.717, 1.165) is 12.1 Å². The van der Waals surface area contributed by atoms with Crippen molar-refractivity contribution in [2.45, 2.75) is 24.0 Å². The van der Waals surface area contributed by atoms with Crippen LogP contribution in [-0.2, 0) is 14.6 Å². The van der Waals surface area contributed by atoms with Crippen LogP contribution in [0.3, 0.4) is 0 Å². The van der Waals surface area contributed by atoms with Gasteiger partial charge in [-0.15, -0.1) is 0 Å². The van der Waals surface area contributed by atoms with Crippen LogP contribution < -0.4 is 0 Å². The standard InChI is InChI=1S/C10H11FO3S/c1-7(12)8(2)15(13,14)10-6-4-3-5-9(10)11/h3-6,8H,1-2H3. The molecule has 5 heteroatoms. The molecule has 82 valence electrons. The van der Waals surface area contributed by atoms with Crippen molar-refractivity contribution in [1.82, 2.24) is 0 Å². The van der Waals surface area contributed by atoms with Gasteiger partial charge in [-0.05, 0) is 26.0 Å². The number of rotatable bonds is 3. The molecule has 0 heterocycles. The minimum atomic E-state index is -3.89. The molecule has 3 nitrogen and oxygen atoms in total. The van der Waals surface area contributed by atoms with E-state index < -0.39 is 31.6 Å². The van der Waals surface area contributed by atoms with Crippen LogP contribution in [0.4, 0.5) is 4.39 Å². The first-order chi connectivity index (χ1) is 6.87. The van der Waals surface area contributed by atoms with Crippen LogP contribution in [0.1, 0.15) is 13.8 Å². The monoisotopic (exact) mass is 230 g/mol. The van der Waals surface area contributed by atoms with E-state index in [4.69, 9.17) is 0 Å². The molecule has 0 N–H and O–H groups in total. The predicted octanol–water partition coefficient (Wildman–Crippen LogP) is 1.58. The zero-order valence-corrected chi connectivity index (χ0v) is 9.21. The Morgan fingerprint density at radius 2 is 1.87 bits per heavy atom. The fourth-order valence-electron chi connectivity index (χ4n) is 1.08. The Balaban J connectivity index is 3.30. The van der Waals surface area contributed by atoms with E-state index in [1.54, 1.807) is 0 Å².